The summed E-state index contributed by atoms with van der Waals surface area (Å²) in [7, 11) is -3.73. The van der Waals surface area contributed by atoms with Crippen LogP contribution >= 0.6 is 0 Å². The van der Waals surface area contributed by atoms with Crippen molar-refractivity contribution in [2.45, 2.75) is 4.90 Å². The third kappa shape index (κ3) is 11.2. The molecule has 0 heterocycles. The molecule has 0 bridgehead atoms. The van der Waals surface area contributed by atoms with E-state index >= 15 is 0 Å². The zero-order valence-corrected chi connectivity index (χ0v) is 15.0. The summed E-state index contributed by atoms with van der Waals surface area (Å²) in [4.78, 5) is 0.125. The number of benzene rings is 1. The van der Waals surface area contributed by atoms with Crippen molar-refractivity contribution in [3.05, 3.63) is 30.3 Å². The zero-order valence-electron chi connectivity index (χ0n) is 14.2. The van der Waals surface area contributed by atoms with Gasteiger partial charge in [0.05, 0.1) is 71.0 Å². The maximum atomic E-state index is 11.8. The number of rotatable bonds is 16. The van der Waals surface area contributed by atoms with Gasteiger partial charge in [0, 0.05) is 0 Å². The largest absolute Gasteiger partial charge is 0.394 e. The molecule has 1 aromatic carbocycles. The van der Waals surface area contributed by atoms with Crippen LogP contribution in [0.15, 0.2) is 35.2 Å². The Morgan fingerprint density at radius 2 is 1.12 bits per heavy atom. The number of aliphatic hydroxyl groups excluding tert-OH is 1. The Balaban J connectivity index is 1.89. The fourth-order valence-corrected chi connectivity index (χ4v) is 2.60. The number of hydrogen-bond donors (Lipinski definition) is 1. The SMILES string of the molecule is O=S(=O)(OCCOCCOCCOCCOCCO)c1ccccc1. The lowest BCUT2D eigenvalue weighted by Gasteiger charge is -2.08. The standard InChI is InChI=1S/C16H26O8S/c17-6-7-20-8-9-21-10-11-22-12-13-23-14-15-24-25(18,19)16-4-2-1-3-5-16/h1-5,17H,6-15H2. The second-order valence-electron chi connectivity index (χ2n) is 4.76. The quantitative estimate of drug-likeness (QED) is 0.327. The lowest BCUT2D eigenvalue weighted by molar-refractivity contribution is -0.00763. The van der Waals surface area contributed by atoms with Crippen LogP contribution < -0.4 is 0 Å². The fraction of sp³-hybridized carbons (Fsp3) is 0.625. The van der Waals surface area contributed by atoms with Crippen molar-refractivity contribution >= 4 is 10.1 Å². The third-order valence-electron chi connectivity index (χ3n) is 2.85. The van der Waals surface area contributed by atoms with Crippen LogP contribution in [-0.2, 0) is 33.2 Å². The average Bonchev–Trinajstić information content (AvgIpc) is 2.63. The molecule has 0 unspecified atom stereocenters. The van der Waals surface area contributed by atoms with Gasteiger partial charge in [-0.25, -0.2) is 0 Å². The van der Waals surface area contributed by atoms with E-state index in [2.05, 4.69) is 0 Å². The molecule has 0 aliphatic carbocycles. The van der Waals surface area contributed by atoms with Crippen LogP contribution in [0.4, 0.5) is 0 Å². The van der Waals surface area contributed by atoms with Crippen LogP contribution in [-0.4, -0.2) is 79.6 Å². The van der Waals surface area contributed by atoms with Gasteiger partial charge in [-0.3, -0.25) is 4.18 Å². The molecule has 25 heavy (non-hydrogen) atoms. The Hall–Kier alpha value is -1.07. The molecule has 0 radical (unpaired) electrons. The summed E-state index contributed by atoms with van der Waals surface area (Å²) in [5.74, 6) is 0. The van der Waals surface area contributed by atoms with Gasteiger partial charge in [-0.05, 0) is 12.1 Å². The van der Waals surface area contributed by atoms with Crippen LogP contribution in [0.3, 0.4) is 0 Å². The zero-order chi connectivity index (χ0) is 18.2. The molecule has 0 atom stereocenters. The highest BCUT2D eigenvalue weighted by atomic mass is 32.2. The van der Waals surface area contributed by atoms with Gasteiger partial charge >= 0.3 is 0 Å². The Morgan fingerprint density at radius 1 is 0.680 bits per heavy atom. The van der Waals surface area contributed by atoms with E-state index in [0.29, 0.717) is 46.2 Å². The number of aliphatic hydroxyl groups is 1. The Kier molecular flexibility index (Phi) is 12.4. The van der Waals surface area contributed by atoms with Gasteiger partial charge in [0.1, 0.15) is 0 Å². The molecule has 0 saturated heterocycles. The van der Waals surface area contributed by atoms with Gasteiger partial charge in [0.25, 0.3) is 10.1 Å². The monoisotopic (exact) mass is 378 g/mol. The average molecular weight is 378 g/mol. The summed E-state index contributed by atoms with van der Waals surface area (Å²) in [5, 5.41) is 8.50. The van der Waals surface area contributed by atoms with Crippen molar-refractivity contribution < 1.29 is 36.7 Å². The lowest BCUT2D eigenvalue weighted by Crippen LogP contribution is -2.15. The van der Waals surface area contributed by atoms with E-state index in [0.717, 1.165) is 0 Å². The first-order valence-corrected chi connectivity index (χ1v) is 9.44. The van der Waals surface area contributed by atoms with Crippen LogP contribution in [0.25, 0.3) is 0 Å². The summed E-state index contributed by atoms with van der Waals surface area (Å²) in [6.45, 7) is 2.93. The van der Waals surface area contributed by atoms with Crippen molar-refractivity contribution in [3.8, 4) is 0 Å². The molecule has 0 aromatic heterocycles. The van der Waals surface area contributed by atoms with E-state index in [1.54, 1.807) is 18.2 Å². The van der Waals surface area contributed by atoms with Crippen LogP contribution in [0.1, 0.15) is 0 Å². The topological polar surface area (TPSA) is 101 Å². The molecule has 0 fully saturated rings. The van der Waals surface area contributed by atoms with E-state index in [-0.39, 0.29) is 24.7 Å². The molecule has 0 spiro atoms. The second kappa shape index (κ2) is 14.1. The van der Waals surface area contributed by atoms with E-state index in [9.17, 15) is 8.42 Å². The van der Waals surface area contributed by atoms with Gasteiger partial charge in [-0.15, -0.1) is 0 Å². The second-order valence-corrected chi connectivity index (χ2v) is 6.38. The summed E-state index contributed by atoms with van der Waals surface area (Å²) in [6, 6.07) is 7.96. The van der Waals surface area contributed by atoms with E-state index in [1.165, 1.54) is 12.1 Å². The smallest absolute Gasteiger partial charge is 0.297 e. The molecule has 1 rings (SSSR count). The minimum absolute atomic E-state index is 0.00629. The molecule has 0 amide bonds. The van der Waals surface area contributed by atoms with Gasteiger partial charge in [-0.1, -0.05) is 18.2 Å². The van der Waals surface area contributed by atoms with E-state index in [4.69, 9.17) is 28.2 Å². The highest BCUT2D eigenvalue weighted by Gasteiger charge is 2.13. The molecule has 1 N–H and O–H groups in total. The fourth-order valence-electron chi connectivity index (χ4n) is 1.68. The molecule has 0 saturated carbocycles. The van der Waals surface area contributed by atoms with E-state index < -0.39 is 10.1 Å². The van der Waals surface area contributed by atoms with E-state index in [1.807, 2.05) is 0 Å². The molecule has 1 aromatic rings. The molecule has 0 aliphatic rings. The summed E-state index contributed by atoms with van der Waals surface area (Å²) in [5.41, 5.74) is 0. The molecular weight excluding hydrogens is 352 g/mol. The van der Waals surface area contributed by atoms with Crippen molar-refractivity contribution in [1.82, 2.24) is 0 Å². The highest BCUT2D eigenvalue weighted by molar-refractivity contribution is 7.86. The Morgan fingerprint density at radius 3 is 1.60 bits per heavy atom. The first-order valence-electron chi connectivity index (χ1n) is 8.03. The first-order chi connectivity index (χ1) is 12.2. The molecule has 9 heteroatoms. The van der Waals surface area contributed by atoms with Gasteiger partial charge in [0.2, 0.25) is 0 Å². The molecule has 0 aliphatic heterocycles. The maximum absolute atomic E-state index is 11.8. The summed E-state index contributed by atoms with van der Waals surface area (Å²) < 4.78 is 49.3. The maximum Gasteiger partial charge on any atom is 0.297 e. The minimum atomic E-state index is -3.73. The van der Waals surface area contributed by atoms with Crippen molar-refractivity contribution in [2.75, 3.05) is 66.1 Å². The lowest BCUT2D eigenvalue weighted by atomic mass is 10.4. The number of hydrogen-bond acceptors (Lipinski definition) is 8. The van der Waals surface area contributed by atoms with Crippen molar-refractivity contribution in [1.29, 1.82) is 0 Å². The van der Waals surface area contributed by atoms with Gasteiger partial charge in [-0.2, -0.15) is 8.42 Å². The minimum Gasteiger partial charge on any atom is -0.394 e. The molecule has 144 valence electrons. The van der Waals surface area contributed by atoms with Crippen molar-refractivity contribution in [3.63, 3.8) is 0 Å². The van der Waals surface area contributed by atoms with Crippen LogP contribution in [0.2, 0.25) is 0 Å². The van der Waals surface area contributed by atoms with Gasteiger partial charge < -0.3 is 24.1 Å². The van der Waals surface area contributed by atoms with Crippen LogP contribution in [0.5, 0.6) is 0 Å². The summed E-state index contributed by atoms with van der Waals surface area (Å²) >= 11 is 0. The van der Waals surface area contributed by atoms with Crippen molar-refractivity contribution in [2.24, 2.45) is 0 Å². The normalized spacial score (nSPS) is 11.7. The predicted molar refractivity (Wildman–Crippen MR) is 89.9 cm³/mol. The predicted octanol–water partition coefficient (Wildman–Crippen LogP) is 0.451. The highest BCUT2D eigenvalue weighted by Crippen LogP contribution is 2.10. The Bertz CT molecular complexity index is 520. The summed E-state index contributed by atoms with van der Waals surface area (Å²) in [6.07, 6.45) is 0. The molecular formula is C16H26O8S. The number of ether oxygens (including phenoxy) is 4. The third-order valence-corrected chi connectivity index (χ3v) is 4.18. The Labute approximate surface area is 148 Å². The first kappa shape index (κ1) is 22.0. The van der Waals surface area contributed by atoms with Crippen LogP contribution in [0, 0.1) is 0 Å². The van der Waals surface area contributed by atoms with Gasteiger partial charge in [0.15, 0.2) is 0 Å². The molecule has 8 nitrogen and oxygen atoms in total.